The topological polar surface area (TPSA) is 92.6 Å². The predicted molar refractivity (Wildman–Crippen MR) is 167 cm³/mol. The lowest BCUT2D eigenvalue weighted by Crippen LogP contribution is -2.29. The zero-order valence-electron chi connectivity index (χ0n) is 21.9. The third-order valence-corrected chi connectivity index (χ3v) is 9.44. The number of ether oxygens (including phenoxy) is 1. The maximum absolute atomic E-state index is 13.5. The molecule has 2 heterocycles. The molecule has 4 aromatic rings. The van der Waals surface area contributed by atoms with Gasteiger partial charge in [-0.25, -0.2) is 0 Å². The number of halogens is 2. The molecule has 1 aliphatic heterocycles. The lowest BCUT2D eigenvalue weighted by Gasteiger charge is -2.22. The first-order valence-electron chi connectivity index (χ1n) is 12.9. The average molecular weight is 671 g/mol. The molecule has 1 aromatic heterocycles. The number of hydrogen-bond acceptors (Lipinski definition) is 8. The highest BCUT2D eigenvalue weighted by atomic mass is 79.9. The summed E-state index contributed by atoms with van der Waals surface area (Å²) < 4.78 is 7.18. The van der Waals surface area contributed by atoms with Crippen molar-refractivity contribution in [1.29, 1.82) is 0 Å². The van der Waals surface area contributed by atoms with Crippen LogP contribution in [0.25, 0.3) is 5.76 Å². The number of aliphatic hydroxyl groups excluding tert-OH is 1. The molecule has 1 atom stereocenters. The molecule has 0 aliphatic carbocycles. The molecule has 3 aromatic carbocycles. The monoisotopic (exact) mass is 669 g/mol. The molecule has 41 heavy (non-hydrogen) atoms. The van der Waals surface area contributed by atoms with Crippen LogP contribution in [0, 0.1) is 0 Å². The molecule has 0 radical (unpaired) electrons. The summed E-state index contributed by atoms with van der Waals surface area (Å²) in [6, 6.07) is 20.7. The van der Waals surface area contributed by atoms with Crippen LogP contribution in [-0.4, -0.2) is 33.6 Å². The number of hydrogen-bond donors (Lipinski definition) is 1. The van der Waals surface area contributed by atoms with Crippen LogP contribution in [-0.2, 0) is 15.3 Å². The van der Waals surface area contributed by atoms with Gasteiger partial charge >= 0.3 is 5.91 Å². The highest BCUT2D eigenvalue weighted by Crippen LogP contribution is 2.44. The predicted octanol–water partition coefficient (Wildman–Crippen LogP) is 8.05. The van der Waals surface area contributed by atoms with Crippen LogP contribution in [0.15, 0.2) is 87.2 Å². The molecular formula is C30H25BrClN3O4S2. The van der Waals surface area contributed by atoms with E-state index in [-0.39, 0.29) is 16.5 Å². The van der Waals surface area contributed by atoms with Gasteiger partial charge in [0.05, 0.1) is 18.2 Å². The first-order valence-corrected chi connectivity index (χ1v) is 15.8. The molecule has 210 valence electrons. The van der Waals surface area contributed by atoms with E-state index in [0.717, 1.165) is 22.9 Å². The molecule has 0 bridgehead atoms. The summed E-state index contributed by atoms with van der Waals surface area (Å²) in [6.45, 7) is 2.68. The number of amides is 1. The number of unbranched alkanes of at least 4 members (excludes halogenated alkanes) is 1. The number of carbonyl (C=O) groups is 2. The third kappa shape index (κ3) is 6.51. The molecule has 1 amide bonds. The van der Waals surface area contributed by atoms with E-state index in [1.54, 1.807) is 36.4 Å². The van der Waals surface area contributed by atoms with E-state index in [0.29, 0.717) is 38.6 Å². The van der Waals surface area contributed by atoms with Crippen LogP contribution in [0.5, 0.6) is 5.75 Å². The minimum Gasteiger partial charge on any atom is -0.507 e. The lowest BCUT2D eigenvalue weighted by atomic mass is 9.95. The molecule has 11 heteroatoms. The van der Waals surface area contributed by atoms with E-state index in [2.05, 4.69) is 33.1 Å². The Labute approximate surface area is 259 Å². The Morgan fingerprint density at radius 2 is 1.80 bits per heavy atom. The number of anilines is 1. The van der Waals surface area contributed by atoms with Crippen molar-refractivity contribution in [1.82, 2.24) is 10.2 Å². The van der Waals surface area contributed by atoms with Gasteiger partial charge in [0.2, 0.25) is 5.13 Å². The molecule has 5 rings (SSSR count). The van der Waals surface area contributed by atoms with E-state index in [4.69, 9.17) is 16.3 Å². The van der Waals surface area contributed by atoms with E-state index < -0.39 is 17.7 Å². The Hall–Kier alpha value is -3.18. The summed E-state index contributed by atoms with van der Waals surface area (Å²) in [5.74, 6) is -0.606. The van der Waals surface area contributed by atoms with Crippen molar-refractivity contribution >= 4 is 73.2 Å². The molecule has 1 unspecified atom stereocenters. The largest absolute Gasteiger partial charge is 0.507 e. The minimum absolute atomic E-state index is 0.0163. The fourth-order valence-corrected chi connectivity index (χ4v) is 6.72. The van der Waals surface area contributed by atoms with Gasteiger partial charge < -0.3 is 9.84 Å². The number of nitrogens with zero attached hydrogens (tertiary/aromatic N) is 3. The molecule has 1 N–H and O–H groups in total. The standard InChI is InChI=1S/C30H25BrClN3O4S2/c1-2-3-16-39-22-14-10-19(11-15-22)26(36)24-25(18-8-12-21(31)13-9-18)35(28(38)27(24)37)29-33-34-30(41-29)40-17-20-6-4-5-7-23(20)32/h4-15,25,36H,2-3,16-17H2,1H3/b26-24+. The van der Waals surface area contributed by atoms with Gasteiger partial charge in [0.25, 0.3) is 5.78 Å². The highest BCUT2D eigenvalue weighted by Gasteiger charge is 2.48. The van der Waals surface area contributed by atoms with Crippen molar-refractivity contribution in [3.8, 4) is 5.75 Å². The number of carbonyl (C=O) groups excluding carboxylic acids is 2. The Kier molecular flexibility index (Phi) is 9.44. The summed E-state index contributed by atoms with van der Waals surface area (Å²) >= 11 is 12.4. The van der Waals surface area contributed by atoms with E-state index in [1.807, 2.05) is 36.4 Å². The molecular weight excluding hydrogens is 646 g/mol. The van der Waals surface area contributed by atoms with E-state index in [9.17, 15) is 14.7 Å². The minimum atomic E-state index is -0.891. The maximum atomic E-state index is 13.5. The van der Waals surface area contributed by atoms with Gasteiger partial charge in [-0.3, -0.25) is 14.5 Å². The average Bonchev–Trinajstić information content (AvgIpc) is 3.55. The van der Waals surface area contributed by atoms with Crippen molar-refractivity contribution < 1.29 is 19.4 Å². The zero-order valence-corrected chi connectivity index (χ0v) is 25.9. The second-order valence-electron chi connectivity index (χ2n) is 9.18. The summed E-state index contributed by atoms with van der Waals surface area (Å²) in [7, 11) is 0. The van der Waals surface area contributed by atoms with Gasteiger partial charge in [0.15, 0.2) is 4.34 Å². The number of rotatable bonds is 10. The van der Waals surface area contributed by atoms with Crippen LogP contribution >= 0.6 is 50.6 Å². The normalized spacial score (nSPS) is 16.4. The number of thioether (sulfide) groups is 1. The second kappa shape index (κ2) is 13.2. The highest BCUT2D eigenvalue weighted by molar-refractivity contribution is 9.10. The van der Waals surface area contributed by atoms with Crippen molar-refractivity contribution in [2.75, 3.05) is 11.5 Å². The number of aliphatic hydroxyl groups is 1. The lowest BCUT2D eigenvalue weighted by molar-refractivity contribution is -0.132. The second-order valence-corrected chi connectivity index (χ2v) is 12.7. The molecule has 7 nitrogen and oxygen atoms in total. The third-order valence-electron chi connectivity index (χ3n) is 6.44. The van der Waals surface area contributed by atoms with Crippen LogP contribution < -0.4 is 9.64 Å². The van der Waals surface area contributed by atoms with Crippen LogP contribution in [0.3, 0.4) is 0 Å². The number of benzene rings is 3. The van der Waals surface area contributed by atoms with Gasteiger partial charge in [-0.1, -0.05) is 94.3 Å². The molecule has 1 aliphatic rings. The molecule has 0 saturated carbocycles. The van der Waals surface area contributed by atoms with Crippen molar-refractivity contribution in [2.24, 2.45) is 0 Å². The Bertz CT molecular complexity index is 1590. The van der Waals surface area contributed by atoms with E-state index in [1.165, 1.54) is 28.0 Å². The molecule has 1 fully saturated rings. The quantitative estimate of drug-likeness (QED) is 0.0456. The van der Waals surface area contributed by atoms with Crippen LogP contribution in [0.2, 0.25) is 5.02 Å². The fourth-order valence-electron chi connectivity index (χ4n) is 4.30. The first kappa shape index (κ1) is 29.3. The summed E-state index contributed by atoms with van der Waals surface area (Å²) in [4.78, 5) is 28.2. The number of aromatic nitrogens is 2. The van der Waals surface area contributed by atoms with Gasteiger partial charge in [-0.15, -0.1) is 10.2 Å². The van der Waals surface area contributed by atoms with Crippen LogP contribution in [0.1, 0.15) is 42.5 Å². The van der Waals surface area contributed by atoms with Gasteiger partial charge in [0, 0.05) is 20.8 Å². The maximum Gasteiger partial charge on any atom is 0.301 e. The Morgan fingerprint density at radius 3 is 2.51 bits per heavy atom. The zero-order chi connectivity index (χ0) is 28.9. The smallest absolute Gasteiger partial charge is 0.301 e. The van der Waals surface area contributed by atoms with E-state index >= 15 is 0 Å². The summed E-state index contributed by atoms with van der Waals surface area (Å²) in [5, 5.41) is 20.8. The first-order chi connectivity index (χ1) is 19.9. The Morgan fingerprint density at radius 1 is 1.07 bits per heavy atom. The van der Waals surface area contributed by atoms with Crippen LogP contribution in [0.4, 0.5) is 5.13 Å². The van der Waals surface area contributed by atoms with Gasteiger partial charge in [-0.05, 0) is 60.0 Å². The number of Topliss-reactive ketones (excluding diaryl/α,β-unsaturated/α-hetero) is 1. The fraction of sp³-hybridized carbons (Fsp3) is 0.200. The summed E-state index contributed by atoms with van der Waals surface area (Å²) in [6.07, 6.45) is 1.95. The van der Waals surface area contributed by atoms with Crippen molar-refractivity contribution in [3.05, 3.63) is 105 Å². The molecule has 0 spiro atoms. The van der Waals surface area contributed by atoms with Crippen molar-refractivity contribution in [2.45, 2.75) is 35.9 Å². The number of ketones is 1. The summed E-state index contributed by atoms with van der Waals surface area (Å²) in [5.41, 5.74) is 1.99. The SMILES string of the molecule is CCCCOc1ccc(/C(O)=C2\C(=O)C(=O)N(c3nnc(SCc4ccccc4Cl)s3)C2c2ccc(Br)cc2)cc1. The molecule has 1 saturated heterocycles. The van der Waals surface area contributed by atoms with Gasteiger partial charge in [0.1, 0.15) is 11.5 Å². The van der Waals surface area contributed by atoms with Gasteiger partial charge in [-0.2, -0.15) is 0 Å². The Balaban J connectivity index is 1.49. The van der Waals surface area contributed by atoms with Crippen molar-refractivity contribution in [3.63, 3.8) is 0 Å².